The highest BCUT2D eigenvalue weighted by Gasteiger charge is 2.14. The number of carboxylic acids is 1. The van der Waals surface area contributed by atoms with Crippen molar-refractivity contribution >= 4 is 27.6 Å². The van der Waals surface area contributed by atoms with Crippen LogP contribution in [0.4, 0.5) is 0 Å². The first kappa shape index (κ1) is 15.0. The molecule has 0 aliphatic heterocycles. The van der Waals surface area contributed by atoms with E-state index in [-0.39, 0.29) is 23.8 Å². The molecule has 0 atom stereocenters. The molecule has 1 heterocycles. The van der Waals surface area contributed by atoms with E-state index in [2.05, 4.69) is 10.2 Å². The molecule has 9 heteroatoms. The van der Waals surface area contributed by atoms with Crippen LogP contribution in [0.3, 0.4) is 0 Å². The van der Waals surface area contributed by atoms with Gasteiger partial charge in [-0.05, 0) is 6.92 Å². The molecule has 7 nitrogen and oxygen atoms in total. The molecular weight excluding hydrogens is 278 g/mol. The second kappa shape index (κ2) is 6.19. The van der Waals surface area contributed by atoms with Gasteiger partial charge < -0.3 is 9.67 Å². The van der Waals surface area contributed by atoms with Crippen molar-refractivity contribution in [2.24, 2.45) is 0 Å². The summed E-state index contributed by atoms with van der Waals surface area (Å²) in [5.74, 6) is -0.407. The Hall–Kier alpha value is -1.09. The van der Waals surface area contributed by atoms with Gasteiger partial charge in [-0.2, -0.15) is 0 Å². The van der Waals surface area contributed by atoms with Gasteiger partial charge in [-0.3, -0.25) is 4.79 Å². The van der Waals surface area contributed by atoms with Crippen LogP contribution in [-0.4, -0.2) is 51.5 Å². The number of rotatable bonds is 7. The van der Waals surface area contributed by atoms with Gasteiger partial charge in [0.15, 0.2) is 15.0 Å². The Morgan fingerprint density at radius 1 is 1.44 bits per heavy atom. The zero-order valence-corrected chi connectivity index (χ0v) is 11.8. The normalized spacial score (nSPS) is 11.7. The molecule has 1 aromatic heterocycles. The fourth-order valence-corrected chi connectivity index (χ4v) is 2.71. The van der Waals surface area contributed by atoms with Crippen LogP contribution in [0.25, 0.3) is 0 Å². The van der Waals surface area contributed by atoms with Gasteiger partial charge in [0.1, 0.15) is 5.82 Å². The maximum atomic E-state index is 11.4. The molecule has 0 saturated carbocycles. The summed E-state index contributed by atoms with van der Waals surface area (Å²) in [4.78, 5) is 10.5. The van der Waals surface area contributed by atoms with Crippen LogP contribution < -0.4 is 0 Å². The van der Waals surface area contributed by atoms with Crippen LogP contribution in [0, 0.1) is 6.92 Å². The highest BCUT2D eigenvalue weighted by Crippen LogP contribution is 2.16. The molecule has 0 aliphatic carbocycles. The molecule has 1 rings (SSSR count). The van der Waals surface area contributed by atoms with E-state index in [1.807, 2.05) is 0 Å². The molecule has 0 amide bonds. The first-order chi connectivity index (χ1) is 8.35. The van der Waals surface area contributed by atoms with Crippen LogP contribution in [0.1, 0.15) is 12.7 Å². The zero-order chi connectivity index (χ0) is 13.8. The minimum atomic E-state index is -3.06. The van der Waals surface area contributed by atoms with Gasteiger partial charge in [-0.1, -0.05) is 18.7 Å². The molecule has 102 valence electrons. The summed E-state index contributed by atoms with van der Waals surface area (Å²) in [6, 6.07) is 0. The van der Waals surface area contributed by atoms with Crippen LogP contribution >= 0.6 is 11.8 Å². The van der Waals surface area contributed by atoms with E-state index >= 15 is 0 Å². The highest BCUT2D eigenvalue weighted by molar-refractivity contribution is 7.99. The quantitative estimate of drug-likeness (QED) is 0.716. The summed E-state index contributed by atoms with van der Waals surface area (Å²) < 4.78 is 24.5. The number of aromatic nitrogens is 3. The fourth-order valence-electron chi connectivity index (χ4n) is 1.23. The molecular formula is C9H15N3O4S2. The molecule has 0 saturated heterocycles. The molecule has 1 aromatic rings. The van der Waals surface area contributed by atoms with Crippen LogP contribution in [-0.2, 0) is 21.2 Å². The zero-order valence-electron chi connectivity index (χ0n) is 10.2. The molecule has 0 aliphatic rings. The third kappa shape index (κ3) is 4.30. The van der Waals surface area contributed by atoms with E-state index in [0.29, 0.717) is 11.0 Å². The summed E-state index contributed by atoms with van der Waals surface area (Å²) in [7, 11) is -3.06. The smallest absolute Gasteiger partial charge is 0.313 e. The predicted octanol–water partition coefficient (Wildman–Crippen LogP) is 0.198. The summed E-state index contributed by atoms with van der Waals surface area (Å²) in [6.45, 7) is 3.54. The second-order valence-corrected chi connectivity index (χ2v) is 7.02. The van der Waals surface area contributed by atoms with E-state index in [1.54, 1.807) is 18.4 Å². The van der Waals surface area contributed by atoms with Crippen LogP contribution in [0.15, 0.2) is 5.16 Å². The lowest BCUT2D eigenvalue weighted by atomic mass is 10.6. The van der Waals surface area contributed by atoms with Gasteiger partial charge in [0, 0.05) is 12.3 Å². The fraction of sp³-hybridized carbons (Fsp3) is 0.667. The number of hydrogen-bond donors (Lipinski definition) is 1. The molecule has 0 spiro atoms. The first-order valence-electron chi connectivity index (χ1n) is 5.30. The van der Waals surface area contributed by atoms with E-state index in [4.69, 9.17) is 5.11 Å². The van der Waals surface area contributed by atoms with Crippen molar-refractivity contribution < 1.29 is 18.3 Å². The Morgan fingerprint density at radius 2 is 2.11 bits per heavy atom. The van der Waals surface area contributed by atoms with Crippen molar-refractivity contribution in [3.05, 3.63) is 5.82 Å². The largest absolute Gasteiger partial charge is 0.481 e. The summed E-state index contributed by atoms with van der Waals surface area (Å²) in [5.41, 5.74) is 0. The Bertz CT molecular complexity index is 524. The highest BCUT2D eigenvalue weighted by atomic mass is 32.2. The maximum absolute atomic E-state index is 11.4. The van der Waals surface area contributed by atoms with Gasteiger partial charge in [-0.25, -0.2) is 8.42 Å². The number of carbonyl (C=O) groups is 1. The summed E-state index contributed by atoms with van der Waals surface area (Å²) in [5, 5.41) is 16.7. The first-order valence-corrected chi connectivity index (χ1v) is 8.11. The van der Waals surface area contributed by atoms with Gasteiger partial charge >= 0.3 is 5.97 Å². The third-order valence-corrected chi connectivity index (χ3v) is 4.93. The standard InChI is InChI=1S/C9H15N3O4S2/c1-3-18(15,16)5-4-12-7(2)10-11-9(12)17-6-8(13)14/h3-6H2,1-2H3,(H,13,14). The molecule has 0 aromatic carbocycles. The number of hydrogen-bond acceptors (Lipinski definition) is 6. The molecule has 18 heavy (non-hydrogen) atoms. The number of nitrogens with zero attached hydrogens (tertiary/aromatic N) is 3. The SMILES string of the molecule is CCS(=O)(=O)CCn1c(C)nnc1SCC(=O)O. The number of carboxylic acid groups (broad SMARTS) is 1. The van der Waals surface area contributed by atoms with Crippen molar-refractivity contribution in [1.29, 1.82) is 0 Å². The number of sulfone groups is 1. The minimum Gasteiger partial charge on any atom is -0.481 e. The van der Waals surface area contributed by atoms with Crippen molar-refractivity contribution in [2.75, 3.05) is 17.3 Å². The predicted molar refractivity (Wildman–Crippen MR) is 67.4 cm³/mol. The average Bonchev–Trinajstić information content (AvgIpc) is 2.65. The number of thioether (sulfide) groups is 1. The Kier molecular flexibility index (Phi) is 5.15. The third-order valence-electron chi connectivity index (χ3n) is 2.29. The van der Waals surface area contributed by atoms with Gasteiger partial charge in [-0.15, -0.1) is 10.2 Å². The number of aliphatic carboxylic acids is 1. The van der Waals surface area contributed by atoms with E-state index in [9.17, 15) is 13.2 Å². The molecule has 0 fully saturated rings. The van der Waals surface area contributed by atoms with E-state index in [1.165, 1.54) is 0 Å². The topological polar surface area (TPSA) is 102 Å². The van der Waals surface area contributed by atoms with Crippen molar-refractivity contribution in [1.82, 2.24) is 14.8 Å². The number of aryl methyl sites for hydroxylation is 1. The Morgan fingerprint density at radius 3 is 2.67 bits per heavy atom. The Labute approximate surface area is 110 Å². The van der Waals surface area contributed by atoms with Gasteiger partial charge in [0.05, 0.1) is 11.5 Å². The average molecular weight is 293 g/mol. The van der Waals surface area contributed by atoms with Crippen LogP contribution in [0.2, 0.25) is 0 Å². The van der Waals surface area contributed by atoms with E-state index < -0.39 is 15.8 Å². The lowest BCUT2D eigenvalue weighted by Gasteiger charge is -2.07. The minimum absolute atomic E-state index is 0.00299. The molecule has 0 bridgehead atoms. The van der Waals surface area contributed by atoms with Crippen LogP contribution in [0.5, 0.6) is 0 Å². The second-order valence-electron chi connectivity index (χ2n) is 3.60. The van der Waals surface area contributed by atoms with Gasteiger partial charge in [0.2, 0.25) is 0 Å². The lowest BCUT2D eigenvalue weighted by molar-refractivity contribution is -0.133. The van der Waals surface area contributed by atoms with Crippen molar-refractivity contribution in [3.63, 3.8) is 0 Å². The summed E-state index contributed by atoms with van der Waals surface area (Å²) in [6.07, 6.45) is 0. The van der Waals surface area contributed by atoms with E-state index in [0.717, 1.165) is 11.8 Å². The van der Waals surface area contributed by atoms with Gasteiger partial charge in [0.25, 0.3) is 0 Å². The maximum Gasteiger partial charge on any atom is 0.313 e. The lowest BCUT2D eigenvalue weighted by Crippen LogP contribution is -2.16. The molecule has 1 N–H and O–H groups in total. The van der Waals surface area contributed by atoms with Crippen molar-refractivity contribution in [3.8, 4) is 0 Å². The Balaban J connectivity index is 2.75. The van der Waals surface area contributed by atoms with Crippen molar-refractivity contribution in [2.45, 2.75) is 25.5 Å². The molecule has 0 radical (unpaired) electrons. The molecule has 0 unspecified atom stereocenters. The summed E-state index contributed by atoms with van der Waals surface area (Å²) >= 11 is 1.03. The monoisotopic (exact) mass is 293 g/mol.